The van der Waals surface area contributed by atoms with Crippen LogP contribution >= 0.6 is 11.6 Å². The fraction of sp³-hybridized carbons (Fsp3) is 0.222. The molecular formula is C18H18ClN3O. The van der Waals surface area contributed by atoms with Gasteiger partial charge >= 0.3 is 0 Å². The number of nitrogens with zero attached hydrogens (tertiary/aromatic N) is 1. The van der Waals surface area contributed by atoms with Gasteiger partial charge in [0.2, 0.25) is 5.91 Å². The predicted molar refractivity (Wildman–Crippen MR) is 93.8 cm³/mol. The molecule has 0 saturated heterocycles. The minimum Gasteiger partial charge on any atom is -0.366 e. The van der Waals surface area contributed by atoms with Gasteiger partial charge < -0.3 is 10.7 Å². The molecular weight excluding hydrogens is 310 g/mol. The lowest BCUT2D eigenvalue weighted by Crippen LogP contribution is -2.10. The fourth-order valence-electron chi connectivity index (χ4n) is 2.48. The number of amides is 1. The van der Waals surface area contributed by atoms with E-state index in [0.717, 1.165) is 5.56 Å². The topological polar surface area (TPSA) is 71.8 Å². The maximum Gasteiger partial charge on any atom is 0.248 e. The highest BCUT2D eigenvalue weighted by molar-refractivity contribution is 6.35. The van der Waals surface area contributed by atoms with Crippen LogP contribution in [0.2, 0.25) is 5.02 Å². The molecule has 0 atom stereocenters. The Bertz CT molecular complexity index is 889. The molecule has 0 radical (unpaired) electrons. The highest BCUT2D eigenvalue weighted by Crippen LogP contribution is 2.29. The third-order valence-corrected chi connectivity index (χ3v) is 4.14. The highest BCUT2D eigenvalue weighted by atomic mass is 35.5. The van der Waals surface area contributed by atoms with Gasteiger partial charge in [0.05, 0.1) is 10.5 Å². The van der Waals surface area contributed by atoms with Gasteiger partial charge in [-0.2, -0.15) is 0 Å². The van der Waals surface area contributed by atoms with Crippen LogP contribution in [0.15, 0.2) is 36.4 Å². The van der Waals surface area contributed by atoms with Crippen molar-refractivity contribution < 1.29 is 4.79 Å². The van der Waals surface area contributed by atoms with E-state index in [9.17, 15) is 4.79 Å². The number of carbonyl (C=O) groups excluding carboxylic acids is 1. The van der Waals surface area contributed by atoms with Crippen molar-refractivity contribution in [2.24, 2.45) is 5.73 Å². The molecule has 0 aliphatic carbocycles. The summed E-state index contributed by atoms with van der Waals surface area (Å²) in [6, 6.07) is 11.5. The number of H-pyrrole nitrogens is 1. The maximum absolute atomic E-state index is 11.3. The lowest BCUT2D eigenvalue weighted by molar-refractivity contribution is 0.100. The van der Waals surface area contributed by atoms with Crippen LogP contribution in [0.5, 0.6) is 0 Å². The molecule has 0 aliphatic rings. The van der Waals surface area contributed by atoms with Crippen LogP contribution in [0.4, 0.5) is 0 Å². The zero-order valence-corrected chi connectivity index (χ0v) is 14.0. The Kier molecular flexibility index (Phi) is 3.65. The summed E-state index contributed by atoms with van der Waals surface area (Å²) in [6.45, 7) is 6.52. The molecule has 0 saturated carbocycles. The van der Waals surface area contributed by atoms with Gasteiger partial charge in [-0.1, -0.05) is 56.6 Å². The Morgan fingerprint density at radius 3 is 2.39 bits per heavy atom. The summed E-state index contributed by atoms with van der Waals surface area (Å²) in [7, 11) is 0. The molecule has 5 heteroatoms. The molecule has 3 N–H and O–H groups in total. The van der Waals surface area contributed by atoms with Crippen molar-refractivity contribution in [3.05, 3.63) is 52.5 Å². The third kappa shape index (κ3) is 2.94. The number of imidazole rings is 1. The zero-order chi connectivity index (χ0) is 16.8. The van der Waals surface area contributed by atoms with Gasteiger partial charge in [-0.15, -0.1) is 0 Å². The number of nitrogens with one attached hydrogen (secondary N) is 1. The van der Waals surface area contributed by atoms with E-state index < -0.39 is 5.91 Å². The standard InChI is InChI=1S/C18H18ClN3O/c1-18(2,3)12-6-4-10(5-7-12)17-21-14-9-11(16(20)23)8-13(19)15(14)22-17/h4-9H,1-3H3,(H2,20,23)(H,21,22). The second-order valence-electron chi connectivity index (χ2n) is 6.63. The number of aromatic amines is 1. The number of nitrogens with two attached hydrogens (primary N) is 1. The van der Waals surface area contributed by atoms with E-state index in [2.05, 4.69) is 42.9 Å². The molecule has 3 rings (SSSR count). The normalized spacial score (nSPS) is 11.8. The van der Waals surface area contributed by atoms with Gasteiger partial charge in [0.25, 0.3) is 0 Å². The summed E-state index contributed by atoms with van der Waals surface area (Å²) in [5, 5.41) is 0.408. The number of rotatable bonds is 2. The summed E-state index contributed by atoms with van der Waals surface area (Å²) in [6.07, 6.45) is 0. The van der Waals surface area contributed by atoms with Gasteiger partial charge in [0.15, 0.2) is 0 Å². The zero-order valence-electron chi connectivity index (χ0n) is 13.3. The molecule has 1 amide bonds. The van der Waals surface area contributed by atoms with Crippen molar-refractivity contribution >= 4 is 28.5 Å². The van der Waals surface area contributed by atoms with E-state index >= 15 is 0 Å². The largest absolute Gasteiger partial charge is 0.366 e. The Hall–Kier alpha value is -2.33. The number of fused-ring (bicyclic) bond motifs is 1. The van der Waals surface area contributed by atoms with Crippen molar-refractivity contribution in [2.45, 2.75) is 26.2 Å². The van der Waals surface area contributed by atoms with Crippen LogP contribution in [0, 0.1) is 0 Å². The van der Waals surface area contributed by atoms with Gasteiger partial charge in [-0.3, -0.25) is 4.79 Å². The summed E-state index contributed by atoms with van der Waals surface area (Å²) < 4.78 is 0. The van der Waals surface area contributed by atoms with E-state index in [1.807, 2.05) is 12.1 Å². The minimum atomic E-state index is -0.514. The number of primary amides is 1. The molecule has 4 nitrogen and oxygen atoms in total. The van der Waals surface area contributed by atoms with E-state index in [0.29, 0.717) is 27.4 Å². The molecule has 2 aromatic carbocycles. The monoisotopic (exact) mass is 327 g/mol. The average Bonchev–Trinajstić information content (AvgIpc) is 2.91. The van der Waals surface area contributed by atoms with Gasteiger partial charge in [0.1, 0.15) is 11.3 Å². The summed E-state index contributed by atoms with van der Waals surface area (Å²) >= 11 is 6.20. The lowest BCUT2D eigenvalue weighted by atomic mass is 9.87. The predicted octanol–water partition coefficient (Wildman–Crippen LogP) is 4.28. The molecule has 1 aromatic heterocycles. The van der Waals surface area contributed by atoms with E-state index in [-0.39, 0.29) is 5.41 Å². The highest BCUT2D eigenvalue weighted by Gasteiger charge is 2.15. The lowest BCUT2D eigenvalue weighted by Gasteiger charge is -2.18. The number of benzene rings is 2. The molecule has 0 aliphatic heterocycles. The Morgan fingerprint density at radius 1 is 1.17 bits per heavy atom. The molecule has 0 fully saturated rings. The van der Waals surface area contributed by atoms with Crippen molar-refractivity contribution in [1.82, 2.24) is 9.97 Å². The SMILES string of the molecule is CC(C)(C)c1ccc(-c2nc3c(Cl)cc(C(N)=O)cc3[nH]2)cc1. The van der Waals surface area contributed by atoms with Crippen molar-refractivity contribution in [2.75, 3.05) is 0 Å². The number of hydrogen-bond acceptors (Lipinski definition) is 2. The van der Waals surface area contributed by atoms with Crippen molar-refractivity contribution in [3.63, 3.8) is 0 Å². The molecule has 0 unspecified atom stereocenters. The van der Waals surface area contributed by atoms with Crippen LogP contribution in [-0.4, -0.2) is 15.9 Å². The smallest absolute Gasteiger partial charge is 0.248 e. The third-order valence-electron chi connectivity index (χ3n) is 3.85. The second-order valence-corrected chi connectivity index (χ2v) is 7.04. The number of halogens is 1. The van der Waals surface area contributed by atoms with Crippen molar-refractivity contribution in [3.8, 4) is 11.4 Å². The van der Waals surface area contributed by atoms with Crippen LogP contribution in [0.25, 0.3) is 22.4 Å². The first-order valence-electron chi connectivity index (χ1n) is 7.36. The molecule has 118 valence electrons. The van der Waals surface area contributed by atoms with Crippen LogP contribution < -0.4 is 5.73 Å². The Morgan fingerprint density at radius 2 is 1.83 bits per heavy atom. The van der Waals surface area contributed by atoms with Gasteiger partial charge in [-0.05, 0) is 23.1 Å². The molecule has 3 aromatic rings. The van der Waals surface area contributed by atoms with Gasteiger partial charge in [-0.25, -0.2) is 4.98 Å². The van der Waals surface area contributed by atoms with E-state index in [4.69, 9.17) is 17.3 Å². The summed E-state index contributed by atoms with van der Waals surface area (Å²) in [5.74, 6) is 0.198. The van der Waals surface area contributed by atoms with Gasteiger partial charge in [0, 0.05) is 11.1 Å². The molecule has 23 heavy (non-hydrogen) atoms. The van der Waals surface area contributed by atoms with Crippen LogP contribution in [0.1, 0.15) is 36.7 Å². The van der Waals surface area contributed by atoms with Crippen LogP contribution in [-0.2, 0) is 5.41 Å². The quantitative estimate of drug-likeness (QED) is 0.737. The molecule has 0 bridgehead atoms. The fourth-order valence-corrected chi connectivity index (χ4v) is 2.74. The Labute approximate surface area is 139 Å². The Balaban J connectivity index is 2.07. The van der Waals surface area contributed by atoms with Crippen LogP contribution in [0.3, 0.4) is 0 Å². The second kappa shape index (κ2) is 5.39. The number of aromatic nitrogens is 2. The number of hydrogen-bond donors (Lipinski definition) is 2. The first kappa shape index (κ1) is 15.6. The first-order valence-corrected chi connectivity index (χ1v) is 7.73. The summed E-state index contributed by atoms with van der Waals surface area (Å²) in [5.41, 5.74) is 9.33. The average molecular weight is 328 g/mol. The summed E-state index contributed by atoms with van der Waals surface area (Å²) in [4.78, 5) is 19.1. The molecule has 1 heterocycles. The van der Waals surface area contributed by atoms with E-state index in [1.165, 1.54) is 5.56 Å². The van der Waals surface area contributed by atoms with E-state index in [1.54, 1.807) is 12.1 Å². The molecule has 0 spiro atoms. The van der Waals surface area contributed by atoms with Crippen molar-refractivity contribution in [1.29, 1.82) is 0 Å². The first-order chi connectivity index (χ1) is 10.8. The minimum absolute atomic E-state index is 0.103. The maximum atomic E-state index is 11.3. The number of carbonyl (C=O) groups is 1.